The summed E-state index contributed by atoms with van der Waals surface area (Å²) < 4.78 is 4.80. The van der Waals surface area contributed by atoms with Gasteiger partial charge in [-0.2, -0.15) is 0 Å². The van der Waals surface area contributed by atoms with Gasteiger partial charge in [-0.1, -0.05) is 31.1 Å². The molecule has 1 saturated heterocycles. The van der Waals surface area contributed by atoms with E-state index >= 15 is 0 Å². The second kappa shape index (κ2) is 10.2. The molecule has 5 nitrogen and oxygen atoms in total. The Morgan fingerprint density at radius 2 is 2.00 bits per heavy atom. The van der Waals surface area contributed by atoms with Crippen molar-refractivity contribution in [1.82, 2.24) is 0 Å². The molecule has 3 atom stereocenters. The lowest BCUT2D eigenvalue weighted by Crippen LogP contribution is -2.41. The van der Waals surface area contributed by atoms with E-state index in [-0.39, 0.29) is 29.0 Å². The molecule has 0 radical (unpaired) electrons. The van der Waals surface area contributed by atoms with Crippen LogP contribution < -0.4 is 0 Å². The zero-order chi connectivity index (χ0) is 22.5. The van der Waals surface area contributed by atoms with Gasteiger partial charge in [-0.25, -0.2) is 9.78 Å². The molecule has 30 heavy (non-hydrogen) atoms. The van der Waals surface area contributed by atoms with Crippen LogP contribution in [0.2, 0.25) is 0 Å². The predicted octanol–water partition coefficient (Wildman–Crippen LogP) is 5.88. The topological polar surface area (TPSA) is 61.8 Å². The van der Waals surface area contributed by atoms with Crippen LogP contribution in [0.15, 0.2) is 22.8 Å². The third-order valence-corrected chi connectivity index (χ3v) is 7.06. The van der Waals surface area contributed by atoms with Gasteiger partial charge in [0.05, 0.1) is 13.0 Å². The Morgan fingerprint density at radius 3 is 2.60 bits per heavy atom. The molecule has 0 amide bonds. The summed E-state index contributed by atoms with van der Waals surface area (Å²) in [5.41, 5.74) is 3.45. The highest BCUT2D eigenvalue weighted by Gasteiger charge is 2.38. The highest BCUT2D eigenvalue weighted by atomic mass is 17.2. The SMILES string of the molecule is COC(=O)C(C)C1CCC(C)(CCC=C(C)CCC2=C(C)C(=O)CCC2(C)C)OO1. The lowest BCUT2D eigenvalue weighted by molar-refractivity contribution is -0.411. The summed E-state index contributed by atoms with van der Waals surface area (Å²) in [6.45, 7) is 12.6. The number of carbonyl (C=O) groups excluding carboxylic acids is 2. The third kappa shape index (κ3) is 6.27. The van der Waals surface area contributed by atoms with E-state index in [1.54, 1.807) is 0 Å². The summed E-state index contributed by atoms with van der Waals surface area (Å²) in [6, 6.07) is 0. The lowest BCUT2D eigenvalue weighted by atomic mass is 9.70. The van der Waals surface area contributed by atoms with E-state index in [0.717, 1.165) is 50.5 Å². The van der Waals surface area contributed by atoms with Gasteiger partial charge in [-0.05, 0) is 83.6 Å². The van der Waals surface area contributed by atoms with Crippen molar-refractivity contribution in [3.05, 3.63) is 22.8 Å². The van der Waals surface area contributed by atoms with Gasteiger partial charge in [-0.3, -0.25) is 9.59 Å². The Morgan fingerprint density at radius 1 is 1.30 bits per heavy atom. The summed E-state index contributed by atoms with van der Waals surface area (Å²) in [4.78, 5) is 35.1. The van der Waals surface area contributed by atoms with E-state index in [1.165, 1.54) is 18.3 Å². The van der Waals surface area contributed by atoms with Crippen LogP contribution in [-0.2, 0) is 24.1 Å². The number of Topliss-reactive ketones (excluding diaryl/α,β-unsaturated/α-hetero) is 1. The molecular weight excluding hydrogens is 380 g/mol. The third-order valence-electron chi connectivity index (χ3n) is 7.06. The van der Waals surface area contributed by atoms with Gasteiger partial charge in [0.25, 0.3) is 0 Å². The molecule has 0 aromatic rings. The van der Waals surface area contributed by atoms with E-state index < -0.39 is 0 Å². The molecular formula is C25H40O5. The van der Waals surface area contributed by atoms with Crippen LogP contribution in [-0.4, -0.2) is 30.6 Å². The molecule has 1 aliphatic heterocycles. The van der Waals surface area contributed by atoms with E-state index in [1.807, 2.05) is 13.8 Å². The van der Waals surface area contributed by atoms with Crippen LogP contribution in [0.25, 0.3) is 0 Å². The minimum atomic E-state index is -0.333. The van der Waals surface area contributed by atoms with Crippen LogP contribution in [0.1, 0.15) is 92.9 Å². The average Bonchev–Trinajstić information content (AvgIpc) is 2.70. The molecule has 2 rings (SSSR count). The molecule has 1 heterocycles. The number of carbonyl (C=O) groups is 2. The first-order chi connectivity index (χ1) is 14.0. The van der Waals surface area contributed by atoms with Crippen LogP contribution in [0, 0.1) is 11.3 Å². The highest BCUT2D eigenvalue weighted by Crippen LogP contribution is 2.41. The number of allylic oxidation sites excluding steroid dienone is 4. The molecule has 0 aromatic carbocycles. The minimum Gasteiger partial charge on any atom is -0.469 e. The second-order valence-electron chi connectivity index (χ2n) is 10.0. The molecule has 3 unspecified atom stereocenters. The van der Waals surface area contributed by atoms with E-state index in [0.29, 0.717) is 12.2 Å². The number of ketones is 1. The van der Waals surface area contributed by atoms with Crippen molar-refractivity contribution in [2.45, 2.75) is 105 Å². The second-order valence-corrected chi connectivity index (χ2v) is 10.0. The number of methoxy groups -OCH3 is 1. The number of esters is 1. The van der Waals surface area contributed by atoms with Crippen molar-refractivity contribution in [1.29, 1.82) is 0 Å². The quantitative estimate of drug-likeness (QED) is 0.279. The van der Waals surface area contributed by atoms with Crippen LogP contribution in [0.4, 0.5) is 0 Å². The molecule has 0 bridgehead atoms. The zero-order valence-corrected chi connectivity index (χ0v) is 19.9. The van der Waals surface area contributed by atoms with Crippen molar-refractivity contribution in [2.75, 3.05) is 7.11 Å². The van der Waals surface area contributed by atoms with Gasteiger partial charge >= 0.3 is 5.97 Å². The van der Waals surface area contributed by atoms with Crippen LogP contribution in [0.3, 0.4) is 0 Å². The molecule has 0 N–H and O–H groups in total. The maximum absolute atomic E-state index is 12.1. The van der Waals surface area contributed by atoms with Crippen LogP contribution >= 0.6 is 0 Å². The number of hydrogen-bond donors (Lipinski definition) is 0. The first-order valence-electron chi connectivity index (χ1n) is 11.3. The Bertz CT molecular complexity index is 692. The number of hydrogen-bond acceptors (Lipinski definition) is 5. The fraction of sp³-hybridized carbons (Fsp3) is 0.760. The summed E-state index contributed by atoms with van der Waals surface area (Å²) >= 11 is 0. The predicted molar refractivity (Wildman–Crippen MR) is 118 cm³/mol. The van der Waals surface area contributed by atoms with Gasteiger partial charge in [-0.15, -0.1) is 0 Å². The van der Waals surface area contributed by atoms with Crippen molar-refractivity contribution >= 4 is 11.8 Å². The lowest BCUT2D eigenvalue weighted by Gasteiger charge is -2.37. The number of rotatable bonds is 8. The molecule has 0 spiro atoms. The zero-order valence-electron chi connectivity index (χ0n) is 19.9. The van der Waals surface area contributed by atoms with Crippen molar-refractivity contribution in [2.24, 2.45) is 11.3 Å². The van der Waals surface area contributed by atoms with Gasteiger partial charge in [0.1, 0.15) is 11.7 Å². The summed E-state index contributed by atoms with van der Waals surface area (Å²) in [5, 5.41) is 0. The Labute approximate surface area is 182 Å². The first kappa shape index (κ1) is 24.8. The molecule has 2 aliphatic rings. The van der Waals surface area contributed by atoms with Crippen LogP contribution in [0.5, 0.6) is 0 Å². The smallest absolute Gasteiger partial charge is 0.311 e. The normalized spacial score (nSPS) is 28.4. The van der Waals surface area contributed by atoms with Crippen molar-refractivity contribution in [3.8, 4) is 0 Å². The average molecular weight is 421 g/mol. The monoisotopic (exact) mass is 420 g/mol. The summed E-state index contributed by atoms with van der Waals surface area (Å²) in [5.74, 6) is -0.275. The van der Waals surface area contributed by atoms with Gasteiger partial charge in [0.2, 0.25) is 0 Å². The molecule has 1 aliphatic carbocycles. The van der Waals surface area contributed by atoms with E-state index in [4.69, 9.17) is 14.5 Å². The van der Waals surface area contributed by atoms with Crippen molar-refractivity contribution < 1.29 is 24.1 Å². The maximum Gasteiger partial charge on any atom is 0.311 e. The maximum atomic E-state index is 12.1. The Hall–Kier alpha value is -1.46. The minimum absolute atomic E-state index is 0.122. The fourth-order valence-corrected chi connectivity index (χ4v) is 4.57. The largest absolute Gasteiger partial charge is 0.469 e. The standard InChI is InChI=1S/C25H40O5/c1-17(10-11-20-18(2)21(26)12-15-24(20,4)5)9-8-14-25(6)16-13-22(29-30-25)19(3)23(27)28-7/h9,19,22H,8,10-16H2,1-7H3. The van der Waals surface area contributed by atoms with E-state index in [2.05, 4.69) is 33.8 Å². The van der Waals surface area contributed by atoms with E-state index in [9.17, 15) is 9.59 Å². The molecule has 5 heteroatoms. The van der Waals surface area contributed by atoms with Crippen molar-refractivity contribution in [3.63, 3.8) is 0 Å². The summed E-state index contributed by atoms with van der Waals surface area (Å²) in [7, 11) is 1.40. The molecule has 0 aromatic heterocycles. The summed E-state index contributed by atoms with van der Waals surface area (Å²) in [6.07, 6.45) is 9.03. The Balaban J connectivity index is 1.82. The molecule has 0 saturated carbocycles. The van der Waals surface area contributed by atoms with Gasteiger partial charge < -0.3 is 4.74 Å². The number of ether oxygens (including phenoxy) is 1. The molecule has 170 valence electrons. The van der Waals surface area contributed by atoms with Gasteiger partial charge in [0, 0.05) is 6.42 Å². The first-order valence-corrected chi connectivity index (χ1v) is 11.3. The molecule has 1 fully saturated rings. The fourth-order valence-electron chi connectivity index (χ4n) is 4.57. The Kier molecular flexibility index (Phi) is 8.46. The highest BCUT2D eigenvalue weighted by molar-refractivity contribution is 5.96. The van der Waals surface area contributed by atoms with Gasteiger partial charge in [0.15, 0.2) is 5.78 Å².